The molecular weight excluding hydrogens is 384 g/mol. The Morgan fingerprint density at radius 3 is 0.968 bits per heavy atom. The van der Waals surface area contributed by atoms with Crippen LogP contribution >= 0.6 is 0 Å². The van der Waals surface area contributed by atoms with Gasteiger partial charge < -0.3 is 14.2 Å². The Balaban J connectivity index is 1.92. The molecule has 0 radical (unpaired) electrons. The molecule has 3 aromatic carbocycles. The van der Waals surface area contributed by atoms with Gasteiger partial charge in [-0.25, -0.2) is 0 Å². The maximum absolute atomic E-state index is 5.64. The third kappa shape index (κ3) is 6.13. The van der Waals surface area contributed by atoms with Crippen LogP contribution in [0.3, 0.4) is 0 Å². The third-order valence-electron chi connectivity index (χ3n) is 4.74. The molecule has 0 aliphatic rings. The Labute approximate surface area is 184 Å². The first-order valence-corrected chi connectivity index (χ1v) is 10.3. The van der Waals surface area contributed by atoms with Crippen molar-refractivity contribution in [1.29, 1.82) is 0 Å². The van der Waals surface area contributed by atoms with E-state index in [1.807, 2.05) is 36.4 Å². The van der Waals surface area contributed by atoms with E-state index >= 15 is 0 Å². The summed E-state index contributed by atoms with van der Waals surface area (Å²) < 4.78 is 16.9. The summed E-state index contributed by atoms with van der Waals surface area (Å²) in [6.45, 7) is 12.5. The molecule has 0 fully saturated rings. The van der Waals surface area contributed by atoms with E-state index in [0.717, 1.165) is 17.2 Å². The van der Waals surface area contributed by atoms with Crippen LogP contribution in [-0.2, 0) is 0 Å². The molecular formula is C28H28O3. The highest BCUT2D eigenvalue weighted by Gasteiger charge is 2.17. The summed E-state index contributed by atoms with van der Waals surface area (Å²) in [6.07, 6.45) is 5.22. The van der Waals surface area contributed by atoms with Crippen molar-refractivity contribution in [1.82, 2.24) is 0 Å². The predicted molar refractivity (Wildman–Crippen MR) is 127 cm³/mol. The van der Waals surface area contributed by atoms with Gasteiger partial charge in [0.15, 0.2) is 0 Å². The average Bonchev–Trinajstić information content (AvgIpc) is 2.82. The Morgan fingerprint density at radius 1 is 0.484 bits per heavy atom. The summed E-state index contributed by atoms with van der Waals surface area (Å²) >= 11 is 0. The highest BCUT2D eigenvalue weighted by Crippen LogP contribution is 2.34. The lowest BCUT2D eigenvalue weighted by molar-refractivity contribution is 0.363. The van der Waals surface area contributed by atoms with Crippen LogP contribution < -0.4 is 14.2 Å². The number of benzene rings is 3. The number of ether oxygens (including phenoxy) is 3. The molecule has 158 valence electrons. The molecule has 0 N–H and O–H groups in total. The molecule has 31 heavy (non-hydrogen) atoms. The van der Waals surface area contributed by atoms with Crippen molar-refractivity contribution in [2.45, 2.75) is 5.92 Å². The normalized spacial score (nSPS) is 10.4. The van der Waals surface area contributed by atoms with E-state index in [9.17, 15) is 0 Å². The molecule has 0 amide bonds. The predicted octanol–water partition coefficient (Wildman–Crippen LogP) is 6.56. The molecule has 0 atom stereocenters. The zero-order valence-corrected chi connectivity index (χ0v) is 17.7. The average molecular weight is 413 g/mol. The van der Waals surface area contributed by atoms with Crippen molar-refractivity contribution in [2.24, 2.45) is 0 Å². The van der Waals surface area contributed by atoms with Crippen molar-refractivity contribution in [2.75, 3.05) is 19.8 Å². The van der Waals surface area contributed by atoms with Crippen molar-refractivity contribution in [3.8, 4) is 17.2 Å². The summed E-state index contributed by atoms with van der Waals surface area (Å²) in [7, 11) is 0. The van der Waals surface area contributed by atoms with E-state index in [1.165, 1.54) is 16.7 Å². The van der Waals surface area contributed by atoms with E-state index < -0.39 is 0 Å². The van der Waals surface area contributed by atoms with Crippen molar-refractivity contribution in [3.05, 3.63) is 127 Å². The molecule has 3 aromatic rings. The Morgan fingerprint density at radius 2 is 0.742 bits per heavy atom. The number of hydrogen-bond acceptors (Lipinski definition) is 3. The number of rotatable bonds is 12. The fourth-order valence-electron chi connectivity index (χ4n) is 3.31. The molecule has 3 rings (SSSR count). The maximum Gasteiger partial charge on any atom is 0.119 e. The van der Waals surface area contributed by atoms with Crippen LogP contribution in [0, 0.1) is 0 Å². The SMILES string of the molecule is C=CCOc1ccc(C(c2ccc(OCC=C)cc2)c2ccc(OCC=C)cc2)cc1. The van der Waals surface area contributed by atoms with Gasteiger partial charge >= 0.3 is 0 Å². The lowest BCUT2D eigenvalue weighted by Gasteiger charge is -2.20. The quantitative estimate of drug-likeness (QED) is 0.249. The topological polar surface area (TPSA) is 27.7 Å². The highest BCUT2D eigenvalue weighted by atomic mass is 16.5. The Kier molecular flexibility index (Phi) is 8.13. The van der Waals surface area contributed by atoms with E-state index in [0.29, 0.717) is 19.8 Å². The van der Waals surface area contributed by atoms with Gasteiger partial charge in [-0.1, -0.05) is 74.4 Å². The van der Waals surface area contributed by atoms with Crippen LogP contribution in [0.5, 0.6) is 17.2 Å². The Hall–Kier alpha value is -3.72. The van der Waals surface area contributed by atoms with Crippen LogP contribution in [0.1, 0.15) is 22.6 Å². The van der Waals surface area contributed by atoms with Gasteiger partial charge in [0.2, 0.25) is 0 Å². The van der Waals surface area contributed by atoms with Gasteiger partial charge in [0.05, 0.1) is 0 Å². The largest absolute Gasteiger partial charge is 0.490 e. The summed E-state index contributed by atoms with van der Waals surface area (Å²) in [4.78, 5) is 0. The maximum atomic E-state index is 5.64. The second-order valence-electron chi connectivity index (χ2n) is 6.94. The third-order valence-corrected chi connectivity index (χ3v) is 4.74. The molecule has 0 spiro atoms. The van der Waals surface area contributed by atoms with E-state index in [4.69, 9.17) is 14.2 Å². The minimum atomic E-state index is 0.0652. The lowest BCUT2D eigenvalue weighted by Crippen LogP contribution is -2.04. The first kappa shape index (κ1) is 22.0. The molecule has 0 heterocycles. The minimum absolute atomic E-state index is 0.0652. The molecule has 0 saturated heterocycles. The van der Waals surface area contributed by atoms with Gasteiger partial charge in [-0.2, -0.15) is 0 Å². The van der Waals surface area contributed by atoms with Crippen LogP contribution in [-0.4, -0.2) is 19.8 Å². The Bertz CT molecular complexity index is 838. The molecule has 3 nitrogen and oxygen atoms in total. The van der Waals surface area contributed by atoms with Crippen LogP contribution in [0.15, 0.2) is 111 Å². The monoisotopic (exact) mass is 412 g/mol. The summed E-state index contributed by atoms with van der Waals surface area (Å²) in [5.41, 5.74) is 3.52. The van der Waals surface area contributed by atoms with Crippen LogP contribution in [0.2, 0.25) is 0 Å². The van der Waals surface area contributed by atoms with Crippen molar-refractivity contribution >= 4 is 0 Å². The van der Waals surface area contributed by atoms with Gasteiger partial charge in [0, 0.05) is 5.92 Å². The molecule has 0 aromatic heterocycles. The molecule has 0 saturated carbocycles. The first-order chi connectivity index (χ1) is 15.2. The second kappa shape index (κ2) is 11.5. The van der Waals surface area contributed by atoms with Gasteiger partial charge in [0.1, 0.15) is 37.1 Å². The molecule has 0 unspecified atom stereocenters. The molecule has 0 bridgehead atoms. The lowest BCUT2D eigenvalue weighted by atomic mass is 9.85. The summed E-state index contributed by atoms with van der Waals surface area (Å²) in [5, 5.41) is 0. The van der Waals surface area contributed by atoms with Crippen LogP contribution in [0.4, 0.5) is 0 Å². The number of hydrogen-bond donors (Lipinski definition) is 0. The summed E-state index contributed by atoms with van der Waals surface area (Å²) in [6, 6.07) is 24.6. The minimum Gasteiger partial charge on any atom is -0.490 e. The zero-order valence-electron chi connectivity index (χ0n) is 17.7. The second-order valence-corrected chi connectivity index (χ2v) is 6.94. The van der Waals surface area contributed by atoms with Gasteiger partial charge in [-0.15, -0.1) is 0 Å². The van der Waals surface area contributed by atoms with E-state index in [1.54, 1.807) is 18.2 Å². The van der Waals surface area contributed by atoms with Gasteiger partial charge in [-0.3, -0.25) is 0 Å². The van der Waals surface area contributed by atoms with E-state index in [2.05, 4.69) is 56.1 Å². The molecule has 0 aliphatic carbocycles. The zero-order chi connectivity index (χ0) is 21.9. The summed E-state index contributed by atoms with van der Waals surface area (Å²) in [5.74, 6) is 2.53. The van der Waals surface area contributed by atoms with Gasteiger partial charge in [-0.05, 0) is 53.1 Å². The molecule has 3 heteroatoms. The standard InChI is InChI=1S/C28H28O3/c1-4-19-29-25-13-7-22(8-14-25)28(23-9-15-26(16-10-23)30-20-5-2)24-11-17-27(18-12-24)31-21-6-3/h4-18,28H,1-3,19-21H2. The molecule has 0 aliphatic heterocycles. The van der Waals surface area contributed by atoms with E-state index in [-0.39, 0.29) is 5.92 Å². The van der Waals surface area contributed by atoms with Crippen molar-refractivity contribution in [3.63, 3.8) is 0 Å². The highest BCUT2D eigenvalue weighted by molar-refractivity contribution is 5.46. The van der Waals surface area contributed by atoms with Crippen LogP contribution in [0.25, 0.3) is 0 Å². The fraction of sp³-hybridized carbons (Fsp3) is 0.143. The first-order valence-electron chi connectivity index (χ1n) is 10.3. The fourth-order valence-corrected chi connectivity index (χ4v) is 3.31. The van der Waals surface area contributed by atoms with Gasteiger partial charge in [0.25, 0.3) is 0 Å². The van der Waals surface area contributed by atoms with Crippen molar-refractivity contribution < 1.29 is 14.2 Å². The smallest absolute Gasteiger partial charge is 0.119 e.